The van der Waals surface area contributed by atoms with Crippen LogP contribution in [0.25, 0.3) is 5.57 Å². The summed E-state index contributed by atoms with van der Waals surface area (Å²) in [6, 6.07) is 7.89. The number of aliphatic carboxylic acids is 1. The average Bonchev–Trinajstić information content (AvgIpc) is 3.39. The van der Waals surface area contributed by atoms with Crippen LogP contribution in [0.2, 0.25) is 0 Å². The highest BCUT2D eigenvalue weighted by molar-refractivity contribution is 5.91. The van der Waals surface area contributed by atoms with Crippen LogP contribution in [0.5, 0.6) is 0 Å². The molecule has 1 atom stereocenters. The lowest BCUT2D eigenvalue weighted by molar-refractivity contribution is -0.133. The predicted octanol–water partition coefficient (Wildman–Crippen LogP) is 3.76. The first-order valence-electron chi connectivity index (χ1n) is 15.9. The van der Waals surface area contributed by atoms with Gasteiger partial charge in [0, 0.05) is 25.7 Å². The molecule has 0 radical (unpaired) electrons. The van der Waals surface area contributed by atoms with Crippen molar-refractivity contribution in [1.82, 2.24) is 10.6 Å². The summed E-state index contributed by atoms with van der Waals surface area (Å²) in [6.45, 7) is 13.2. The summed E-state index contributed by atoms with van der Waals surface area (Å²) in [5, 5.41) is 14.4. The predicted molar refractivity (Wildman–Crippen MR) is 184 cm³/mol. The maximum Gasteiger partial charge on any atom is 0.411 e. The third-order valence-electron chi connectivity index (χ3n) is 6.37. The van der Waals surface area contributed by atoms with Crippen LogP contribution in [0.1, 0.15) is 50.7 Å². The first-order chi connectivity index (χ1) is 23.3. The van der Waals surface area contributed by atoms with Crippen molar-refractivity contribution in [2.75, 3.05) is 73.1 Å². The van der Waals surface area contributed by atoms with Gasteiger partial charge in [-0.2, -0.15) is 0 Å². The number of carboxylic acids is 1. The molecule has 2 amide bonds. The van der Waals surface area contributed by atoms with Gasteiger partial charge in [0.05, 0.1) is 26.4 Å². The van der Waals surface area contributed by atoms with Crippen molar-refractivity contribution >= 4 is 29.8 Å². The van der Waals surface area contributed by atoms with Gasteiger partial charge in [-0.25, -0.2) is 9.59 Å². The highest BCUT2D eigenvalue weighted by Gasteiger charge is 2.31. The monoisotopic (exact) mass is 675 g/mol. The van der Waals surface area contributed by atoms with Crippen LogP contribution in [0.15, 0.2) is 66.4 Å². The van der Waals surface area contributed by atoms with Gasteiger partial charge in [-0.1, -0.05) is 55.1 Å². The second kappa shape index (κ2) is 29.0. The van der Waals surface area contributed by atoms with Gasteiger partial charge < -0.3 is 44.6 Å². The Morgan fingerprint density at radius 2 is 1.65 bits per heavy atom. The minimum Gasteiger partial charge on any atom is -0.477 e. The summed E-state index contributed by atoms with van der Waals surface area (Å²) in [4.78, 5) is 45.4. The van der Waals surface area contributed by atoms with Gasteiger partial charge in [-0.3, -0.25) is 10.1 Å². The molecule has 5 N–H and O–H groups in total. The number of hydrogen-bond acceptors (Lipinski definition) is 10. The summed E-state index contributed by atoms with van der Waals surface area (Å²) in [5.41, 5.74) is 8.37. The zero-order valence-corrected chi connectivity index (χ0v) is 28.7. The van der Waals surface area contributed by atoms with Gasteiger partial charge in [0.25, 0.3) is 0 Å². The van der Waals surface area contributed by atoms with Gasteiger partial charge >= 0.3 is 12.1 Å². The number of unbranched alkanes of at least 4 members (excludes halogenated alkanes) is 1. The standard InChI is InChI=1S/C28H36N2O7.C6H12O3.CH5N/c1-4-11-21-20(5-2)22-12-7-8-13-23(22)24(21)18-37-28(34)30-25(27(32)33)14-9-10-15-29-26(31)19-36-17-16-35-6-3;1-2-8-5-6-9-4-3-7;1-2/h4-5,7-8,11-14,24H,1,6,9-10,15-19H2,2-3H3,(H,29,31)(H,30,34)(H,32,33);3H,2,4-6H2,1H3;2H2,1H3/b20-5+,21-11+,25-14+;;. The highest BCUT2D eigenvalue weighted by Crippen LogP contribution is 2.45. The number of ether oxygens (including phenoxy) is 5. The van der Waals surface area contributed by atoms with E-state index in [2.05, 4.69) is 22.9 Å². The summed E-state index contributed by atoms with van der Waals surface area (Å²) in [5.74, 6) is -1.73. The number of aldehydes is 1. The molecule has 0 saturated carbocycles. The zero-order valence-electron chi connectivity index (χ0n) is 28.7. The zero-order chi connectivity index (χ0) is 36.0. The fourth-order valence-corrected chi connectivity index (χ4v) is 4.34. The SMILES string of the molecule is C=C/C=C1\C(=C/C)c2ccccc2C1COC(=O)N/C(=C/CCCNC(=O)COCCOCC)C(=O)O.CCOCCOCC=O.CN. The molecule has 1 aliphatic rings. The van der Waals surface area contributed by atoms with Crippen molar-refractivity contribution in [2.24, 2.45) is 5.73 Å². The number of nitrogens with one attached hydrogen (secondary N) is 2. The largest absolute Gasteiger partial charge is 0.477 e. The van der Waals surface area contributed by atoms with Crippen molar-refractivity contribution in [1.29, 1.82) is 0 Å². The molecule has 13 heteroatoms. The van der Waals surface area contributed by atoms with Gasteiger partial charge in [0.2, 0.25) is 5.91 Å². The number of allylic oxidation sites excluding steroid dienone is 5. The van der Waals surface area contributed by atoms with E-state index in [4.69, 9.17) is 23.7 Å². The third kappa shape index (κ3) is 18.3. The van der Waals surface area contributed by atoms with Crippen molar-refractivity contribution in [2.45, 2.75) is 39.5 Å². The normalized spacial score (nSPS) is 14.9. The number of fused-ring (bicyclic) bond motifs is 1. The fourth-order valence-electron chi connectivity index (χ4n) is 4.34. The number of rotatable bonds is 21. The number of amides is 2. The molecule has 0 aromatic heterocycles. The summed E-state index contributed by atoms with van der Waals surface area (Å²) in [7, 11) is 1.50. The Labute approximate surface area is 284 Å². The Morgan fingerprint density at radius 1 is 1.00 bits per heavy atom. The Balaban J connectivity index is 0.00000173. The molecular formula is C35H53N3O10. The lowest BCUT2D eigenvalue weighted by Crippen LogP contribution is -2.30. The molecule has 0 spiro atoms. The van der Waals surface area contributed by atoms with Gasteiger partial charge in [-0.15, -0.1) is 0 Å². The first-order valence-corrected chi connectivity index (χ1v) is 15.9. The van der Waals surface area contributed by atoms with E-state index < -0.39 is 12.1 Å². The lowest BCUT2D eigenvalue weighted by atomic mass is 9.97. The van der Waals surface area contributed by atoms with E-state index in [1.807, 2.05) is 57.2 Å². The van der Waals surface area contributed by atoms with E-state index in [-0.39, 0.29) is 37.3 Å². The van der Waals surface area contributed by atoms with E-state index in [1.54, 1.807) is 6.08 Å². The molecule has 0 fully saturated rings. The maximum absolute atomic E-state index is 12.4. The molecule has 268 valence electrons. The van der Waals surface area contributed by atoms with E-state index in [9.17, 15) is 24.3 Å². The third-order valence-corrected chi connectivity index (χ3v) is 6.37. The van der Waals surface area contributed by atoms with Gasteiger partial charge in [0.1, 0.15) is 31.8 Å². The van der Waals surface area contributed by atoms with Gasteiger partial charge in [0.15, 0.2) is 0 Å². The average molecular weight is 676 g/mol. The van der Waals surface area contributed by atoms with Crippen molar-refractivity contribution in [3.05, 3.63) is 77.5 Å². The number of carboxylic acid groups (broad SMARTS) is 1. The molecule has 0 aliphatic heterocycles. The molecule has 1 aromatic carbocycles. The smallest absolute Gasteiger partial charge is 0.411 e. The summed E-state index contributed by atoms with van der Waals surface area (Å²) < 4.78 is 25.4. The lowest BCUT2D eigenvalue weighted by Gasteiger charge is -2.15. The first kappa shape index (κ1) is 43.9. The number of carbonyl (C=O) groups excluding carboxylic acids is 3. The van der Waals surface area contributed by atoms with Crippen LogP contribution in [-0.4, -0.2) is 102 Å². The Hall–Kier alpha value is -4.14. The number of benzene rings is 1. The quantitative estimate of drug-likeness (QED) is 0.0845. The molecule has 0 bridgehead atoms. The second-order valence-corrected chi connectivity index (χ2v) is 9.53. The molecule has 0 heterocycles. The summed E-state index contributed by atoms with van der Waals surface area (Å²) >= 11 is 0. The molecule has 1 aliphatic carbocycles. The summed E-state index contributed by atoms with van der Waals surface area (Å²) in [6.07, 6.45) is 7.69. The minimum atomic E-state index is -1.28. The maximum atomic E-state index is 12.4. The molecule has 48 heavy (non-hydrogen) atoms. The van der Waals surface area contributed by atoms with Crippen molar-refractivity contribution in [3.63, 3.8) is 0 Å². The van der Waals surface area contributed by atoms with E-state index in [0.29, 0.717) is 59.0 Å². The number of carbonyl (C=O) groups is 4. The fraction of sp³-hybridized carbons (Fsp3) is 0.486. The van der Waals surface area contributed by atoms with Gasteiger partial charge in [-0.05, 0) is 62.9 Å². The Bertz CT molecular complexity index is 1200. The molecule has 1 unspecified atom stereocenters. The second-order valence-electron chi connectivity index (χ2n) is 9.53. The number of hydrogen-bond donors (Lipinski definition) is 4. The Kier molecular flexibility index (Phi) is 26.5. The van der Waals surface area contributed by atoms with Crippen molar-refractivity contribution in [3.8, 4) is 0 Å². The van der Waals surface area contributed by atoms with Crippen LogP contribution in [0.4, 0.5) is 4.79 Å². The Morgan fingerprint density at radius 3 is 2.25 bits per heavy atom. The number of nitrogens with two attached hydrogens (primary N) is 1. The topological polar surface area (TPSA) is 185 Å². The van der Waals surface area contributed by atoms with Crippen LogP contribution in [-0.2, 0) is 38.1 Å². The van der Waals surface area contributed by atoms with E-state index in [0.717, 1.165) is 28.6 Å². The van der Waals surface area contributed by atoms with Crippen LogP contribution in [0.3, 0.4) is 0 Å². The molecular weight excluding hydrogens is 622 g/mol. The van der Waals surface area contributed by atoms with E-state index in [1.165, 1.54) is 13.1 Å². The molecule has 0 saturated heterocycles. The highest BCUT2D eigenvalue weighted by atomic mass is 16.6. The van der Waals surface area contributed by atoms with Crippen LogP contribution < -0.4 is 16.4 Å². The molecule has 1 aromatic rings. The minimum absolute atomic E-state index is 0.0471. The van der Waals surface area contributed by atoms with E-state index >= 15 is 0 Å². The van der Waals surface area contributed by atoms with Crippen LogP contribution >= 0.6 is 0 Å². The van der Waals surface area contributed by atoms with Crippen LogP contribution in [0, 0.1) is 0 Å². The van der Waals surface area contributed by atoms with Crippen molar-refractivity contribution < 1.29 is 48.0 Å². The molecule has 13 nitrogen and oxygen atoms in total. The molecule has 2 rings (SSSR count). The number of alkyl carbamates (subject to hydrolysis) is 1.